The van der Waals surface area contributed by atoms with Gasteiger partial charge in [0.15, 0.2) is 0 Å². The predicted octanol–water partition coefficient (Wildman–Crippen LogP) is 1.55. The van der Waals surface area contributed by atoms with Crippen LogP contribution in [0.25, 0.3) is 0 Å². The van der Waals surface area contributed by atoms with Gasteiger partial charge in [0.2, 0.25) is 0 Å². The first-order valence-corrected chi connectivity index (χ1v) is 2.41. The minimum Gasteiger partial charge on any atom is -0.478 e. The molecule has 0 aliphatic rings. The highest BCUT2D eigenvalue weighted by Crippen LogP contribution is 1.65. The molecule has 0 aromatic rings. The summed E-state index contributed by atoms with van der Waals surface area (Å²) in [7, 11) is 0. The van der Waals surface area contributed by atoms with Crippen molar-refractivity contribution in [2.24, 2.45) is 0 Å². The second-order valence-corrected chi connectivity index (χ2v) is 1.01. The van der Waals surface area contributed by atoms with E-state index in [1.54, 1.807) is 0 Å². The maximum Gasteiger partial charge on any atom is 0.327 e. The van der Waals surface area contributed by atoms with E-state index in [1.807, 2.05) is 0 Å². The number of carbonyl (C=O) groups is 1. The van der Waals surface area contributed by atoms with Crippen LogP contribution in [0.3, 0.4) is 0 Å². The molecule has 10 heavy (non-hydrogen) atoms. The zero-order chi connectivity index (χ0) is 8.41. The normalized spacial score (nSPS) is 6.00. The van der Waals surface area contributed by atoms with Crippen molar-refractivity contribution < 1.29 is 14.6 Å². The van der Waals surface area contributed by atoms with E-state index in [0.29, 0.717) is 0 Å². The summed E-state index contributed by atoms with van der Waals surface area (Å²) in [6.07, 6.45) is 3.46. The fourth-order valence-electron chi connectivity index (χ4n) is 0.0680. The Morgan fingerprint density at radius 3 is 1.60 bits per heavy atom. The highest BCUT2D eigenvalue weighted by molar-refractivity contribution is 5.78. The molecular weight excluding hydrogens is 132 g/mol. The molecule has 0 aliphatic heterocycles. The van der Waals surface area contributed by atoms with Gasteiger partial charge in [0.05, 0.1) is 12.5 Å². The molecular formula is C7H10O3. The molecule has 0 rings (SSSR count). The van der Waals surface area contributed by atoms with Crippen molar-refractivity contribution in [2.75, 3.05) is 0 Å². The SMILES string of the molecule is C=CC(=O)O.C=COC=C. The molecule has 0 atom stereocenters. The van der Waals surface area contributed by atoms with E-state index in [4.69, 9.17) is 5.11 Å². The number of hydrogen-bond acceptors (Lipinski definition) is 2. The molecule has 0 aliphatic carbocycles. The van der Waals surface area contributed by atoms with E-state index in [1.165, 1.54) is 12.5 Å². The lowest BCUT2D eigenvalue weighted by Gasteiger charge is -1.76. The fraction of sp³-hybridized carbons (Fsp3) is 0. The third-order valence-electron chi connectivity index (χ3n) is 0.367. The van der Waals surface area contributed by atoms with Crippen LogP contribution in [0.2, 0.25) is 0 Å². The summed E-state index contributed by atoms with van der Waals surface area (Å²) in [6, 6.07) is 0. The summed E-state index contributed by atoms with van der Waals surface area (Å²) in [5.74, 6) is -0.981. The van der Waals surface area contributed by atoms with Crippen LogP contribution in [-0.2, 0) is 9.53 Å². The Labute approximate surface area is 59.9 Å². The van der Waals surface area contributed by atoms with Crippen LogP contribution in [0.5, 0.6) is 0 Å². The molecule has 0 saturated carbocycles. The van der Waals surface area contributed by atoms with Gasteiger partial charge in [-0.1, -0.05) is 19.7 Å². The number of hydrogen-bond donors (Lipinski definition) is 1. The van der Waals surface area contributed by atoms with Crippen molar-refractivity contribution in [2.45, 2.75) is 0 Å². The first-order valence-electron chi connectivity index (χ1n) is 2.41. The molecule has 0 heterocycles. The summed E-state index contributed by atoms with van der Waals surface area (Å²) in [6.45, 7) is 9.47. The van der Waals surface area contributed by atoms with E-state index in [-0.39, 0.29) is 0 Å². The van der Waals surface area contributed by atoms with Gasteiger partial charge in [0, 0.05) is 6.08 Å². The Balaban J connectivity index is 0. The van der Waals surface area contributed by atoms with E-state index >= 15 is 0 Å². The second kappa shape index (κ2) is 10.5. The molecule has 0 spiro atoms. The Morgan fingerprint density at radius 2 is 1.60 bits per heavy atom. The Hall–Kier alpha value is -1.51. The highest BCUT2D eigenvalue weighted by atomic mass is 16.5. The summed E-state index contributed by atoms with van der Waals surface area (Å²) in [5.41, 5.74) is 0. The standard InChI is InChI=1S/C4H6O.C3H4O2/c1-3-5-4-2;1-2-3(4)5/h3-4H,1-2H2;2H,1H2,(H,4,5). The zero-order valence-electron chi connectivity index (χ0n) is 5.62. The largest absolute Gasteiger partial charge is 0.478 e. The quantitative estimate of drug-likeness (QED) is 0.480. The van der Waals surface area contributed by atoms with E-state index in [2.05, 4.69) is 24.5 Å². The lowest BCUT2D eigenvalue weighted by atomic mass is 10.7. The minimum absolute atomic E-state index is 0.833. The molecule has 0 bridgehead atoms. The fourth-order valence-corrected chi connectivity index (χ4v) is 0.0680. The summed E-state index contributed by atoms with van der Waals surface area (Å²) in [5, 5.41) is 7.60. The van der Waals surface area contributed by atoms with Crippen LogP contribution >= 0.6 is 0 Å². The van der Waals surface area contributed by atoms with Crippen molar-refractivity contribution in [3.63, 3.8) is 0 Å². The minimum atomic E-state index is -0.981. The molecule has 0 aromatic heterocycles. The van der Waals surface area contributed by atoms with Gasteiger partial charge in [0.1, 0.15) is 0 Å². The number of ether oxygens (including phenoxy) is 1. The van der Waals surface area contributed by atoms with Gasteiger partial charge in [-0.3, -0.25) is 0 Å². The van der Waals surface area contributed by atoms with Gasteiger partial charge in [-0.2, -0.15) is 0 Å². The summed E-state index contributed by atoms with van der Waals surface area (Å²) in [4.78, 5) is 9.25. The van der Waals surface area contributed by atoms with Crippen LogP contribution in [0.15, 0.2) is 38.3 Å². The van der Waals surface area contributed by atoms with Crippen molar-refractivity contribution in [1.29, 1.82) is 0 Å². The van der Waals surface area contributed by atoms with Crippen molar-refractivity contribution in [3.8, 4) is 0 Å². The Kier molecular flexibility index (Phi) is 11.8. The number of rotatable bonds is 3. The highest BCUT2D eigenvalue weighted by Gasteiger charge is 1.73. The topological polar surface area (TPSA) is 46.5 Å². The number of carboxylic acids is 1. The second-order valence-electron chi connectivity index (χ2n) is 1.01. The van der Waals surface area contributed by atoms with Crippen LogP contribution in [0.4, 0.5) is 0 Å². The summed E-state index contributed by atoms with van der Waals surface area (Å²) < 4.78 is 4.36. The number of carboxylic acid groups (broad SMARTS) is 1. The van der Waals surface area contributed by atoms with Crippen LogP contribution in [0.1, 0.15) is 0 Å². The maximum absolute atomic E-state index is 9.25. The van der Waals surface area contributed by atoms with E-state index in [0.717, 1.165) is 6.08 Å². The average molecular weight is 142 g/mol. The smallest absolute Gasteiger partial charge is 0.327 e. The maximum atomic E-state index is 9.25. The third-order valence-corrected chi connectivity index (χ3v) is 0.367. The molecule has 3 heteroatoms. The third kappa shape index (κ3) is 31.5. The predicted molar refractivity (Wildman–Crippen MR) is 39.3 cm³/mol. The van der Waals surface area contributed by atoms with Crippen molar-refractivity contribution >= 4 is 5.97 Å². The molecule has 0 amide bonds. The molecule has 0 saturated heterocycles. The lowest BCUT2D eigenvalue weighted by Crippen LogP contribution is -1.82. The van der Waals surface area contributed by atoms with Crippen molar-refractivity contribution in [1.82, 2.24) is 0 Å². The lowest BCUT2D eigenvalue weighted by molar-refractivity contribution is -0.131. The summed E-state index contributed by atoms with van der Waals surface area (Å²) >= 11 is 0. The number of aliphatic carboxylic acids is 1. The van der Waals surface area contributed by atoms with Gasteiger partial charge in [-0.05, 0) is 0 Å². The van der Waals surface area contributed by atoms with Crippen LogP contribution < -0.4 is 0 Å². The monoisotopic (exact) mass is 142 g/mol. The molecule has 0 aromatic carbocycles. The first-order chi connectivity index (χ1) is 4.68. The van der Waals surface area contributed by atoms with E-state index in [9.17, 15) is 4.79 Å². The Bertz CT molecular complexity index is 121. The molecule has 3 nitrogen and oxygen atoms in total. The van der Waals surface area contributed by atoms with Crippen molar-refractivity contribution in [3.05, 3.63) is 38.3 Å². The zero-order valence-corrected chi connectivity index (χ0v) is 5.62. The van der Waals surface area contributed by atoms with Gasteiger partial charge in [-0.15, -0.1) is 0 Å². The first kappa shape index (κ1) is 11.3. The molecule has 1 N–H and O–H groups in total. The molecule has 0 radical (unpaired) electrons. The Morgan fingerprint density at radius 1 is 1.30 bits per heavy atom. The van der Waals surface area contributed by atoms with Crippen LogP contribution in [-0.4, -0.2) is 11.1 Å². The average Bonchev–Trinajstić information content (AvgIpc) is 1.91. The van der Waals surface area contributed by atoms with Crippen LogP contribution in [0, 0.1) is 0 Å². The molecule has 0 unspecified atom stereocenters. The van der Waals surface area contributed by atoms with Gasteiger partial charge < -0.3 is 9.84 Å². The molecule has 56 valence electrons. The molecule has 0 fully saturated rings. The van der Waals surface area contributed by atoms with E-state index < -0.39 is 5.97 Å². The van der Waals surface area contributed by atoms with Gasteiger partial charge in [-0.25, -0.2) is 4.79 Å². The van der Waals surface area contributed by atoms with Gasteiger partial charge in [0.25, 0.3) is 0 Å². The van der Waals surface area contributed by atoms with Gasteiger partial charge >= 0.3 is 5.97 Å².